The maximum Gasteiger partial charge on any atom is 0.0540 e. The minimum Gasteiger partial charge on any atom is -0.301 e. The second kappa shape index (κ2) is 3.37. The second-order valence-electron chi connectivity index (χ2n) is 2.50. The molecule has 10 heavy (non-hydrogen) atoms. The predicted molar refractivity (Wildman–Crippen MR) is 43.5 cm³/mol. The lowest BCUT2D eigenvalue weighted by atomic mass is 10.2. The van der Waals surface area contributed by atoms with Gasteiger partial charge in [-0.25, -0.2) is 0 Å². The summed E-state index contributed by atoms with van der Waals surface area (Å²) in [6, 6.07) is 10.3. The van der Waals surface area contributed by atoms with E-state index in [2.05, 4.69) is 18.7 Å². The normalized spacial score (nSPS) is 10.3. The first kappa shape index (κ1) is 7.29. The molecule has 1 rings (SSSR count). The van der Waals surface area contributed by atoms with Crippen LogP contribution in [0.1, 0.15) is 5.56 Å². The van der Waals surface area contributed by atoms with Crippen LogP contribution in [0, 0.1) is 6.54 Å². The van der Waals surface area contributed by atoms with Crippen molar-refractivity contribution in [3.05, 3.63) is 42.4 Å². The van der Waals surface area contributed by atoms with E-state index < -0.39 is 0 Å². The van der Waals surface area contributed by atoms with Crippen molar-refractivity contribution in [3.8, 4) is 0 Å². The van der Waals surface area contributed by atoms with Crippen molar-refractivity contribution in [1.82, 2.24) is 4.90 Å². The Morgan fingerprint density at radius 2 is 1.70 bits per heavy atom. The Morgan fingerprint density at radius 3 is 2.20 bits per heavy atom. The summed E-state index contributed by atoms with van der Waals surface area (Å²) in [6.45, 7) is 2.08. The minimum atomic E-state index is 1.24. The quantitative estimate of drug-likeness (QED) is 0.595. The molecule has 0 spiro atoms. The number of rotatable bonds is 2. The van der Waals surface area contributed by atoms with Gasteiger partial charge >= 0.3 is 0 Å². The van der Waals surface area contributed by atoms with E-state index in [-0.39, 0.29) is 0 Å². The van der Waals surface area contributed by atoms with Gasteiger partial charge in [-0.1, -0.05) is 30.3 Å². The van der Waals surface area contributed by atoms with Gasteiger partial charge in [0.25, 0.3) is 0 Å². The Hall–Kier alpha value is -0.820. The van der Waals surface area contributed by atoms with E-state index in [0.717, 1.165) is 0 Å². The Morgan fingerprint density at radius 1 is 1.10 bits per heavy atom. The molecule has 1 aromatic rings. The first-order valence-electron chi connectivity index (χ1n) is 3.35. The predicted octanol–water partition coefficient (Wildman–Crippen LogP) is 1.76. The van der Waals surface area contributed by atoms with Gasteiger partial charge in [0.05, 0.1) is 6.54 Å². The molecule has 0 amide bonds. The zero-order valence-electron chi connectivity index (χ0n) is 6.41. The summed E-state index contributed by atoms with van der Waals surface area (Å²) in [5, 5.41) is 0. The first-order valence-corrected chi connectivity index (χ1v) is 3.35. The molecule has 0 saturated carbocycles. The fourth-order valence-electron chi connectivity index (χ4n) is 0.837. The highest BCUT2D eigenvalue weighted by Crippen LogP contribution is 2.01. The molecule has 1 nitrogen and oxygen atoms in total. The van der Waals surface area contributed by atoms with E-state index in [0.29, 0.717) is 0 Å². The summed E-state index contributed by atoms with van der Waals surface area (Å²) in [5.41, 5.74) is 1.24. The Bertz CT molecular complexity index is 179. The molecule has 0 fully saturated rings. The van der Waals surface area contributed by atoms with E-state index in [1.54, 1.807) is 0 Å². The molecule has 0 N–H and O–H groups in total. The fraction of sp³-hybridized carbons (Fsp3) is 0.222. The Balaban J connectivity index is 2.59. The van der Waals surface area contributed by atoms with Crippen LogP contribution in [0.3, 0.4) is 0 Å². The number of hydrogen-bond donors (Lipinski definition) is 0. The molecule has 0 aliphatic rings. The molecule has 0 aromatic heterocycles. The van der Waals surface area contributed by atoms with Crippen molar-refractivity contribution in [2.45, 2.75) is 0 Å². The van der Waals surface area contributed by atoms with E-state index >= 15 is 0 Å². The third-order valence-corrected chi connectivity index (χ3v) is 1.21. The molecule has 0 aliphatic carbocycles. The van der Waals surface area contributed by atoms with Gasteiger partial charge < -0.3 is 4.90 Å². The van der Waals surface area contributed by atoms with Crippen LogP contribution in [0.25, 0.3) is 0 Å². The van der Waals surface area contributed by atoms with E-state index in [9.17, 15) is 0 Å². The molecule has 53 valence electrons. The molecule has 0 atom stereocenters. The topological polar surface area (TPSA) is 3.24 Å². The van der Waals surface area contributed by atoms with Gasteiger partial charge in [-0.3, -0.25) is 0 Å². The van der Waals surface area contributed by atoms with Crippen molar-refractivity contribution >= 4 is 0 Å². The van der Waals surface area contributed by atoms with Crippen molar-refractivity contribution in [2.24, 2.45) is 0 Å². The van der Waals surface area contributed by atoms with Gasteiger partial charge in [0.1, 0.15) is 0 Å². The van der Waals surface area contributed by atoms with E-state index in [4.69, 9.17) is 0 Å². The number of hydrogen-bond acceptors (Lipinski definition) is 1. The van der Waals surface area contributed by atoms with Crippen molar-refractivity contribution < 1.29 is 0 Å². The summed E-state index contributed by atoms with van der Waals surface area (Å²) in [5.74, 6) is 0. The maximum atomic E-state index is 2.08. The molecule has 1 radical (unpaired) electrons. The average molecular weight is 134 g/mol. The highest BCUT2D eigenvalue weighted by atomic mass is 15.0. The van der Waals surface area contributed by atoms with Crippen LogP contribution in [-0.4, -0.2) is 19.0 Å². The van der Waals surface area contributed by atoms with Crippen LogP contribution in [0.5, 0.6) is 0 Å². The fourth-order valence-corrected chi connectivity index (χ4v) is 0.837. The Kier molecular flexibility index (Phi) is 2.46. The number of benzene rings is 1. The van der Waals surface area contributed by atoms with Crippen molar-refractivity contribution in [1.29, 1.82) is 0 Å². The third-order valence-electron chi connectivity index (χ3n) is 1.21. The molecule has 0 aliphatic heterocycles. The van der Waals surface area contributed by atoms with Crippen LogP contribution >= 0.6 is 0 Å². The molecule has 0 heterocycles. The summed E-state index contributed by atoms with van der Waals surface area (Å²) >= 11 is 0. The molecule has 1 heteroatoms. The van der Waals surface area contributed by atoms with Crippen LogP contribution in [0.15, 0.2) is 30.3 Å². The van der Waals surface area contributed by atoms with Crippen LogP contribution < -0.4 is 0 Å². The van der Waals surface area contributed by atoms with Gasteiger partial charge in [-0.15, -0.1) is 0 Å². The molecule has 0 unspecified atom stereocenters. The highest BCUT2D eigenvalue weighted by molar-refractivity contribution is 5.21. The van der Waals surface area contributed by atoms with Crippen LogP contribution in [0.2, 0.25) is 0 Å². The Labute approximate surface area is 62.3 Å². The molecule has 1 aromatic carbocycles. The molecule has 0 bridgehead atoms. The third kappa shape index (κ3) is 2.19. The van der Waals surface area contributed by atoms with Gasteiger partial charge in [0.2, 0.25) is 0 Å². The zero-order valence-corrected chi connectivity index (χ0v) is 6.41. The van der Waals surface area contributed by atoms with E-state index in [1.165, 1.54) is 5.56 Å². The highest BCUT2D eigenvalue weighted by Gasteiger charge is 1.91. The number of nitrogens with zero attached hydrogens (tertiary/aromatic N) is 1. The van der Waals surface area contributed by atoms with Crippen LogP contribution in [-0.2, 0) is 0 Å². The minimum absolute atomic E-state index is 1.24. The molecular weight excluding hydrogens is 122 g/mol. The molecule has 0 saturated heterocycles. The lowest BCUT2D eigenvalue weighted by molar-refractivity contribution is 0.516. The van der Waals surface area contributed by atoms with Gasteiger partial charge in [0, 0.05) is 0 Å². The van der Waals surface area contributed by atoms with Crippen LogP contribution in [0.4, 0.5) is 0 Å². The summed E-state index contributed by atoms with van der Waals surface area (Å²) in [7, 11) is 4.04. The monoisotopic (exact) mass is 134 g/mol. The van der Waals surface area contributed by atoms with Crippen molar-refractivity contribution in [2.75, 3.05) is 14.1 Å². The zero-order chi connectivity index (χ0) is 7.40. The molecular formula is C9H12N. The summed E-state index contributed by atoms with van der Waals surface area (Å²) < 4.78 is 0. The lowest BCUT2D eigenvalue weighted by Gasteiger charge is -2.07. The summed E-state index contributed by atoms with van der Waals surface area (Å²) in [6.07, 6.45) is 0. The second-order valence-corrected chi connectivity index (χ2v) is 2.50. The lowest BCUT2D eigenvalue weighted by Crippen LogP contribution is -2.07. The van der Waals surface area contributed by atoms with Crippen molar-refractivity contribution in [3.63, 3.8) is 0 Å². The first-order chi connectivity index (χ1) is 4.79. The smallest absolute Gasteiger partial charge is 0.0540 e. The van der Waals surface area contributed by atoms with E-state index in [1.807, 2.05) is 37.2 Å². The largest absolute Gasteiger partial charge is 0.301 e. The SMILES string of the molecule is CN(C)[CH]c1ccccc1. The maximum absolute atomic E-state index is 2.08. The standard InChI is InChI=1S/C9H12N/c1-10(2)8-9-6-4-3-5-7-9/h3-8H,1-2H3. The van der Waals surface area contributed by atoms with Gasteiger partial charge in [0.15, 0.2) is 0 Å². The average Bonchev–Trinajstić information content (AvgIpc) is 1.88. The summed E-state index contributed by atoms with van der Waals surface area (Å²) in [4.78, 5) is 2.04. The van der Waals surface area contributed by atoms with Gasteiger partial charge in [-0.05, 0) is 19.7 Å². The van der Waals surface area contributed by atoms with Gasteiger partial charge in [-0.2, -0.15) is 0 Å².